The van der Waals surface area contributed by atoms with Crippen LogP contribution in [0.4, 0.5) is 9.18 Å². The van der Waals surface area contributed by atoms with E-state index in [1.807, 2.05) is 0 Å². The van der Waals surface area contributed by atoms with Crippen LogP contribution >= 0.6 is 0 Å². The summed E-state index contributed by atoms with van der Waals surface area (Å²) in [6.45, 7) is 3.67. The topological polar surface area (TPSA) is 60.9 Å². The number of nitrogens with zero attached hydrogens (tertiary/aromatic N) is 3. The maximum atomic E-state index is 13.1. The Kier molecular flexibility index (Phi) is 4.56. The first-order valence-electron chi connectivity index (χ1n) is 6.93. The molecule has 0 aliphatic carbocycles. The number of imide groups is 2. The van der Waals surface area contributed by atoms with Crippen molar-refractivity contribution in [2.75, 3.05) is 13.7 Å². The standard InChI is InChI=1S/C15H18FN3O3/c1-10(2)19-14(21)13(20)18(15(19)22)9-17(3)8-11-5-4-6-12(16)7-11/h4-7,10H,8-9H2,1-3H3. The van der Waals surface area contributed by atoms with Gasteiger partial charge in [0.25, 0.3) is 0 Å². The van der Waals surface area contributed by atoms with Crippen LogP contribution in [0.25, 0.3) is 0 Å². The van der Waals surface area contributed by atoms with Crippen molar-refractivity contribution in [1.82, 2.24) is 14.7 Å². The van der Waals surface area contributed by atoms with Gasteiger partial charge in [-0.1, -0.05) is 12.1 Å². The molecule has 1 aliphatic heterocycles. The third kappa shape index (κ3) is 3.14. The summed E-state index contributed by atoms with van der Waals surface area (Å²) in [7, 11) is 1.69. The monoisotopic (exact) mass is 307 g/mol. The summed E-state index contributed by atoms with van der Waals surface area (Å²) >= 11 is 0. The zero-order valence-electron chi connectivity index (χ0n) is 12.7. The van der Waals surface area contributed by atoms with Crippen LogP contribution in [0.5, 0.6) is 0 Å². The maximum Gasteiger partial charge on any atom is 0.335 e. The molecule has 1 fully saturated rings. The highest BCUT2D eigenvalue weighted by Crippen LogP contribution is 2.16. The molecule has 1 aliphatic rings. The lowest BCUT2D eigenvalue weighted by molar-refractivity contribution is -0.144. The summed E-state index contributed by atoms with van der Waals surface area (Å²) in [4.78, 5) is 39.3. The number of carbonyl (C=O) groups is 3. The van der Waals surface area contributed by atoms with Crippen molar-refractivity contribution in [2.45, 2.75) is 26.4 Å². The molecule has 118 valence electrons. The first-order valence-corrected chi connectivity index (χ1v) is 6.93. The minimum absolute atomic E-state index is 0.0247. The normalized spacial score (nSPS) is 15.6. The third-order valence-electron chi connectivity index (χ3n) is 3.32. The fourth-order valence-corrected chi connectivity index (χ4v) is 2.34. The van der Waals surface area contributed by atoms with Crippen molar-refractivity contribution < 1.29 is 18.8 Å². The number of carbonyl (C=O) groups excluding carboxylic acids is 3. The Balaban J connectivity index is 2.05. The molecular weight excluding hydrogens is 289 g/mol. The van der Waals surface area contributed by atoms with E-state index < -0.39 is 17.8 Å². The van der Waals surface area contributed by atoms with E-state index in [1.165, 1.54) is 12.1 Å². The van der Waals surface area contributed by atoms with Gasteiger partial charge in [0, 0.05) is 12.6 Å². The van der Waals surface area contributed by atoms with E-state index >= 15 is 0 Å². The number of benzene rings is 1. The quantitative estimate of drug-likeness (QED) is 0.609. The molecule has 1 aromatic carbocycles. The predicted octanol–water partition coefficient (Wildman–Crippen LogP) is 1.41. The summed E-state index contributed by atoms with van der Waals surface area (Å²) in [5.41, 5.74) is 0.716. The van der Waals surface area contributed by atoms with E-state index in [0.29, 0.717) is 12.1 Å². The van der Waals surface area contributed by atoms with Crippen molar-refractivity contribution in [1.29, 1.82) is 0 Å². The van der Waals surface area contributed by atoms with E-state index in [0.717, 1.165) is 9.80 Å². The lowest BCUT2D eigenvalue weighted by Crippen LogP contribution is -2.41. The second kappa shape index (κ2) is 6.23. The summed E-state index contributed by atoms with van der Waals surface area (Å²) < 4.78 is 13.1. The van der Waals surface area contributed by atoms with Gasteiger partial charge in [0.1, 0.15) is 5.82 Å². The van der Waals surface area contributed by atoms with Crippen LogP contribution in [0, 0.1) is 5.82 Å². The fraction of sp³-hybridized carbons (Fsp3) is 0.400. The van der Waals surface area contributed by atoms with Crippen molar-refractivity contribution in [3.63, 3.8) is 0 Å². The first-order chi connectivity index (χ1) is 10.3. The molecule has 0 atom stereocenters. The highest BCUT2D eigenvalue weighted by Gasteiger charge is 2.45. The Labute approximate surface area is 128 Å². The molecule has 22 heavy (non-hydrogen) atoms. The Bertz CT molecular complexity index is 618. The van der Waals surface area contributed by atoms with E-state index in [1.54, 1.807) is 37.9 Å². The minimum atomic E-state index is -0.829. The SMILES string of the molecule is CC(C)N1C(=O)C(=O)N(CN(C)Cc2cccc(F)c2)C1=O. The van der Waals surface area contributed by atoms with Gasteiger partial charge in [-0.25, -0.2) is 14.1 Å². The Hall–Kier alpha value is -2.28. The van der Waals surface area contributed by atoms with Crippen LogP contribution in [0.1, 0.15) is 19.4 Å². The van der Waals surface area contributed by atoms with Crippen LogP contribution in [0.3, 0.4) is 0 Å². The molecule has 4 amide bonds. The summed E-state index contributed by atoms with van der Waals surface area (Å²) in [5.74, 6) is -1.98. The number of amides is 4. The molecule has 1 heterocycles. The maximum absolute atomic E-state index is 13.1. The molecule has 0 N–H and O–H groups in total. The van der Waals surface area contributed by atoms with Gasteiger partial charge in [0.2, 0.25) is 0 Å². The average molecular weight is 307 g/mol. The van der Waals surface area contributed by atoms with E-state index in [9.17, 15) is 18.8 Å². The highest BCUT2D eigenvalue weighted by molar-refractivity contribution is 6.44. The number of hydrogen-bond acceptors (Lipinski definition) is 4. The largest absolute Gasteiger partial charge is 0.335 e. The minimum Gasteiger partial charge on any atom is -0.284 e. The molecule has 0 bridgehead atoms. The van der Waals surface area contributed by atoms with Crippen molar-refractivity contribution in [3.8, 4) is 0 Å². The highest BCUT2D eigenvalue weighted by atomic mass is 19.1. The second-order valence-corrected chi connectivity index (χ2v) is 5.57. The number of urea groups is 1. The lowest BCUT2D eigenvalue weighted by Gasteiger charge is -2.23. The first kappa shape index (κ1) is 16.1. The zero-order chi connectivity index (χ0) is 16.4. The lowest BCUT2D eigenvalue weighted by atomic mass is 10.2. The molecule has 0 radical (unpaired) electrons. The second-order valence-electron chi connectivity index (χ2n) is 5.57. The van der Waals surface area contributed by atoms with Crippen molar-refractivity contribution in [3.05, 3.63) is 35.6 Å². The summed E-state index contributed by atoms with van der Waals surface area (Å²) in [6.07, 6.45) is 0. The molecule has 1 saturated heterocycles. The Morgan fingerprint density at radius 2 is 1.86 bits per heavy atom. The summed E-state index contributed by atoms with van der Waals surface area (Å²) in [5, 5.41) is 0. The van der Waals surface area contributed by atoms with Crippen molar-refractivity contribution in [2.24, 2.45) is 0 Å². The predicted molar refractivity (Wildman–Crippen MR) is 77.0 cm³/mol. The Morgan fingerprint density at radius 1 is 1.18 bits per heavy atom. The molecule has 6 nitrogen and oxygen atoms in total. The van der Waals surface area contributed by atoms with Crippen LogP contribution < -0.4 is 0 Å². The molecule has 0 saturated carbocycles. The molecule has 0 aromatic heterocycles. The van der Waals surface area contributed by atoms with Gasteiger partial charge in [0.05, 0.1) is 6.67 Å². The molecule has 0 unspecified atom stereocenters. The third-order valence-corrected chi connectivity index (χ3v) is 3.32. The van der Waals surface area contributed by atoms with Gasteiger partial charge >= 0.3 is 17.8 Å². The molecular formula is C15H18FN3O3. The van der Waals surface area contributed by atoms with Gasteiger partial charge in [-0.15, -0.1) is 0 Å². The van der Waals surface area contributed by atoms with Gasteiger partial charge in [0.15, 0.2) is 0 Å². The molecule has 2 rings (SSSR count). The fourth-order valence-electron chi connectivity index (χ4n) is 2.34. The van der Waals surface area contributed by atoms with Gasteiger partial charge in [-0.3, -0.25) is 19.4 Å². The molecule has 7 heteroatoms. The van der Waals surface area contributed by atoms with Crippen LogP contribution in [-0.2, 0) is 16.1 Å². The van der Waals surface area contributed by atoms with Gasteiger partial charge in [-0.2, -0.15) is 0 Å². The van der Waals surface area contributed by atoms with E-state index in [2.05, 4.69) is 0 Å². The molecule has 0 spiro atoms. The van der Waals surface area contributed by atoms with Crippen LogP contribution in [0.15, 0.2) is 24.3 Å². The van der Waals surface area contributed by atoms with E-state index in [4.69, 9.17) is 0 Å². The summed E-state index contributed by atoms with van der Waals surface area (Å²) in [6, 6.07) is 5.08. The van der Waals surface area contributed by atoms with Gasteiger partial charge < -0.3 is 0 Å². The number of halogens is 1. The smallest absolute Gasteiger partial charge is 0.284 e. The Morgan fingerprint density at radius 3 is 2.41 bits per heavy atom. The van der Waals surface area contributed by atoms with E-state index in [-0.39, 0.29) is 18.5 Å². The van der Waals surface area contributed by atoms with Crippen LogP contribution in [0.2, 0.25) is 0 Å². The average Bonchev–Trinajstić information content (AvgIpc) is 2.62. The number of rotatable bonds is 5. The van der Waals surface area contributed by atoms with Gasteiger partial charge in [-0.05, 0) is 38.6 Å². The molecule has 1 aromatic rings. The van der Waals surface area contributed by atoms with Crippen molar-refractivity contribution >= 4 is 17.8 Å². The zero-order valence-corrected chi connectivity index (χ0v) is 12.7. The van der Waals surface area contributed by atoms with Crippen LogP contribution in [-0.4, -0.2) is 52.3 Å². The number of hydrogen-bond donors (Lipinski definition) is 0.